The molecule has 0 bridgehead atoms. The molecule has 1 aliphatic carbocycles. The van der Waals surface area contributed by atoms with Gasteiger partial charge in [0.1, 0.15) is 18.7 Å². The number of halogens is 1. The molecule has 2 aromatic heterocycles. The maximum Gasteiger partial charge on any atom is 0.350 e. The number of rotatable bonds is 8. The molecule has 2 fully saturated rings. The third kappa shape index (κ3) is 4.88. The zero-order valence-corrected chi connectivity index (χ0v) is 17.3. The van der Waals surface area contributed by atoms with E-state index in [4.69, 9.17) is 30.9 Å². The van der Waals surface area contributed by atoms with Gasteiger partial charge in [-0.2, -0.15) is 9.97 Å². The maximum absolute atomic E-state index is 10.9. The van der Waals surface area contributed by atoms with Crippen molar-refractivity contribution in [3.63, 3.8) is 0 Å². The van der Waals surface area contributed by atoms with E-state index < -0.39 is 32.4 Å². The molecule has 13 heteroatoms. The van der Waals surface area contributed by atoms with Crippen LogP contribution >= 0.6 is 19.2 Å². The first-order chi connectivity index (χ1) is 13.7. The predicted molar refractivity (Wildman–Crippen MR) is 104 cm³/mol. The van der Waals surface area contributed by atoms with Crippen LogP contribution in [0.5, 0.6) is 0 Å². The number of fused-ring (bicyclic) bond motifs is 1. The Bertz CT molecular complexity index is 934. The number of nitrogens with one attached hydrogen (secondary N) is 1. The average molecular weight is 448 g/mol. The van der Waals surface area contributed by atoms with Gasteiger partial charge in [-0.25, -0.2) is 4.98 Å². The fourth-order valence-electron chi connectivity index (χ4n) is 3.45. The first-order valence-corrected chi connectivity index (χ1v) is 11.5. The van der Waals surface area contributed by atoms with E-state index in [0.29, 0.717) is 22.9 Å². The Labute approximate surface area is 171 Å². The summed E-state index contributed by atoms with van der Waals surface area (Å²) in [6.07, 6.45) is 1.28. The lowest BCUT2D eigenvalue weighted by Gasteiger charge is -2.16. The summed E-state index contributed by atoms with van der Waals surface area (Å²) in [5, 5.41) is 13.7. The van der Waals surface area contributed by atoms with Crippen LogP contribution in [0.4, 0.5) is 5.82 Å². The van der Waals surface area contributed by atoms with Crippen molar-refractivity contribution in [3.8, 4) is 0 Å². The van der Waals surface area contributed by atoms with E-state index in [2.05, 4.69) is 27.2 Å². The molecule has 0 amide bonds. The van der Waals surface area contributed by atoms with Crippen LogP contribution in [-0.2, 0) is 14.0 Å². The summed E-state index contributed by atoms with van der Waals surface area (Å²) < 4.78 is 23.4. The summed E-state index contributed by atoms with van der Waals surface area (Å²) in [7, 11) is -4.28. The second-order valence-corrected chi connectivity index (χ2v) is 9.46. The highest BCUT2D eigenvalue weighted by molar-refractivity contribution is 7.51. The van der Waals surface area contributed by atoms with Crippen molar-refractivity contribution in [2.75, 3.05) is 18.3 Å². The molecular formula is C16H23ClN5O6P. The van der Waals surface area contributed by atoms with Crippen molar-refractivity contribution in [3.05, 3.63) is 11.6 Å². The van der Waals surface area contributed by atoms with Gasteiger partial charge in [-0.3, -0.25) is 9.13 Å². The smallest absolute Gasteiger partial charge is 0.350 e. The lowest BCUT2D eigenvalue weighted by atomic mass is 10.2. The molecule has 3 heterocycles. The zero-order chi connectivity index (χ0) is 20.8. The molecule has 1 saturated carbocycles. The topological polar surface area (TPSA) is 152 Å². The minimum absolute atomic E-state index is 0.0739. The van der Waals surface area contributed by atoms with E-state index in [1.165, 1.54) is 12.8 Å². The van der Waals surface area contributed by atoms with Gasteiger partial charge >= 0.3 is 7.60 Å². The number of aliphatic hydroxyl groups is 1. The van der Waals surface area contributed by atoms with Gasteiger partial charge in [-0.15, -0.1) is 0 Å². The molecule has 4 atom stereocenters. The van der Waals surface area contributed by atoms with Crippen LogP contribution in [0.2, 0.25) is 5.28 Å². The van der Waals surface area contributed by atoms with Gasteiger partial charge in [0.25, 0.3) is 0 Å². The number of anilines is 1. The lowest BCUT2D eigenvalue weighted by Crippen LogP contribution is -2.26. The van der Waals surface area contributed by atoms with Crippen molar-refractivity contribution in [2.24, 2.45) is 5.92 Å². The average Bonchev–Trinajstić information content (AvgIpc) is 3.30. The fraction of sp³-hybridized carbons (Fsp3) is 0.688. The molecule has 4 N–H and O–H groups in total. The van der Waals surface area contributed by atoms with Crippen molar-refractivity contribution in [1.29, 1.82) is 0 Å². The normalized spacial score (nSPS) is 26.2. The Hall–Kier alpha value is -1.33. The zero-order valence-electron chi connectivity index (χ0n) is 15.7. The van der Waals surface area contributed by atoms with Gasteiger partial charge in [0.15, 0.2) is 17.0 Å². The molecule has 1 aliphatic heterocycles. The van der Waals surface area contributed by atoms with Gasteiger partial charge < -0.3 is 29.7 Å². The van der Waals surface area contributed by atoms with E-state index in [0.717, 1.165) is 0 Å². The molecule has 0 aromatic carbocycles. The summed E-state index contributed by atoms with van der Waals surface area (Å²) in [5.41, 5.74) is 1.03. The van der Waals surface area contributed by atoms with Crippen molar-refractivity contribution in [2.45, 2.75) is 50.7 Å². The highest BCUT2D eigenvalue weighted by Gasteiger charge is 2.37. The molecule has 1 saturated heterocycles. The van der Waals surface area contributed by atoms with Crippen LogP contribution in [0.15, 0.2) is 6.33 Å². The minimum atomic E-state index is -4.28. The Morgan fingerprint density at radius 3 is 2.90 bits per heavy atom. The highest BCUT2D eigenvalue weighted by atomic mass is 35.5. The fourth-order valence-corrected chi connectivity index (χ4v) is 3.96. The molecule has 2 aliphatic rings. The lowest BCUT2D eigenvalue weighted by molar-refractivity contribution is -0.0564. The first-order valence-electron chi connectivity index (χ1n) is 9.33. The number of nitrogens with zero attached hydrogens (tertiary/aromatic N) is 4. The van der Waals surface area contributed by atoms with Gasteiger partial charge in [0, 0.05) is 12.5 Å². The van der Waals surface area contributed by atoms with Crippen molar-refractivity contribution >= 4 is 36.2 Å². The number of aromatic nitrogens is 4. The molecule has 29 heavy (non-hydrogen) atoms. The van der Waals surface area contributed by atoms with Crippen LogP contribution in [-0.4, -0.2) is 65.6 Å². The molecule has 2 aromatic rings. The van der Waals surface area contributed by atoms with E-state index in [9.17, 15) is 9.67 Å². The van der Waals surface area contributed by atoms with Crippen LogP contribution in [0.25, 0.3) is 11.2 Å². The molecule has 1 unspecified atom stereocenters. The Morgan fingerprint density at radius 2 is 2.21 bits per heavy atom. The molecule has 0 radical (unpaired) electrons. The predicted octanol–water partition coefficient (Wildman–Crippen LogP) is 1.49. The molecule has 160 valence electrons. The van der Waals surface area contributed by atoms with Crippen LogP contribution in [0, 0.1) is 5.92 Å². The largest absolute Gasteiger partial charge is 0.390 e. The van der Waals surface area contributed by atoms with Gasteiger partial charge in [0.2, 0.25) is 5.28 Å². The Morgan fingerprint density at radius 1 is 1.45 bits per heavy atom. The minimum Gasteiger partial charge on any atom is -0.390 e. The summed E-state index contributed by atoms with van der Waals surface area (Å²) in [5.74, 6) is 1.17. The summed E-state index contributed by atoms with van der Waals surface area (Å²) >= 11 is 6.12. The summed E-state index contributed by atoms with van der Waals surface area (Å²) in [6.45, 7) is 1.95. The number of hydrogen-bond acceptors (Lipinski definition) is 8. The van der Waals surface area contributed by atoms with Crippen molar-refractivity contribution < 1.29 is 28.9 Å². The van der Waals surface area contributed by atoms with Crippen LogP contribution < -0.4 is 5.32 Å². The summed E-state index contributed by atoms with van der Waals surface area (Å²) in [6, 6.07) is 0.245. The molecule has 11 nitrogen and oxygen atoms in total. The standard InChI is InChI=1S/C16H23ClN5O6P/c1-8(9-2-3-9)19-14-13-15(21-16(17)20-14)22(6-18-13)12-4-10(23)11(28-12)5-27-7-29(24,25)26/h6,8-12,23H,2-5,7H2,1H3,(H,19,20,21)(H2,24,25,26)/t8?,10-,11+,12+/m0/s1. The van der Waals surface area contributed by atoms with Crippen LogP contribution in [0.3, 0.4) is 0 Å². The molecule has 0 spiro atoms. The van der Waals surface area contributed by atoms with Gasteiger partial charge in [-0.1, -0.05) is 0 Å². The number of ether oxygens (including phenoxy) is 2. The summed E-state index contributed by atoms with van der Waals surface area (Å²) in [4.78, 5) is 30.7. The highest BCUT2D eigenvalue weighted by Crippen LogP contribution is 2.37. The first kappa shape index (κ1) is 20.9. The monoisotopic (exact) mass is 447 g/mol. The number of hydrogen-bond donors (Lipinski definition) is 4. The van der Waals surface area contributed by atoms with E-state index in [-0.39, 0.29) is 24.4 Å². The number of imidazole rings is 1. The number of aliphatic hydroxyl groups excluding tert-OH is 1. The maximum atomic E-state index is 10.9. The molecular weight excluding hydrogens is 425 g/mol. The van der Waals surface area contributed by atoms with Crippen LogP contribution in [0.1, 0.15) is 32.4 Å². The third-order valence-corrected chi connectivity index (χ3v) is 5.83. The Balaban J connectivity index is 1.50. The quantitative estimate of drug-likeness (QED) is 0.346. The van der Waals surface area contributed by atoms with E-state index in [1.54, 1.807) is 10.9 Å². The third-order valence-electron chi connectivity index (χ3n) is 5.14. The van der Waals surface area contributed by atoms with Gasteiger partial charge in [0.05, 0.1) is 19.0 Å². The van der Waals surface area contributed by atoms with Crippen molar-refractivity contribution in [1.82, 2.24) is 19.5 Å². The van der Waals surface area contributed by atoms with E-state index >= 15 is 0 Å². The van der Waals surface area contributed by atoms with E-state index in [1.807, 2.05) is 0 Å². The second kappa shape index (κ2) is 8.07. The second-order valence-electron chi connectivity index (χ2n) is 7.53. The Kier molecular flexibility index (Phi) is 5.82. The van der Waals surface area contributed by atoms with Gasteiger partial charge in [-0.05, 0) is 37.3 Å². The SMILES string of the molecule is CC(Nc1nc(Cl)nc2c1ncn2[C@H]1C[C@H](O)[C@@H](COCP(=O)(O)O)O1)C1CC1. The molecule has 4 rings (SSSR count).